The average Bonchev–Trinajstić information content (AvgIpc) is 4.06. The van der Waals surface area contributed by atoms with Gasteiger partial charge in [-0.15, -0.1) is 0 Å². The number of aryl methyl sites for hydroxylation is 4. The number of benzene rings is 2. The van der Waals surface area contributed by atoms with Gasteiger partial charge in [-0.2, -0.15) is 15.3 Å². The minimum absolute atomic E-state index is 0.0683. The quantitative estimate of drug-likeness (QED) is 0.0375. The Morgan fingerprint density at radius 3 is 1.68 bits per heavy atom. The summed E-state index contributed by atoms with van der Waals surface area (Å²) in [6.45, 7) is 9.05. The fourth-order valence-corrected chi connectivity index (χ4v) is 8.46. The first-order chi connectivity index (χ1) is 31.3. The largest absolute Gasteiger partial charge is 0.491 e. The molecular formula is C44H53N15O6. The average molecular weight is 888 g/mol. The molecular weight excluding hydrogens is 835 g/mol. The number of nitrogens with two attached hydrogens (primary N) is 3. The fraction of sp³-hybridized carbons (Fsp3) is 0.386. The van der Waals surface area contributed by atoms with Crippen molar-refractivity contribution in [3.63, 3.8) is 0 Å². The maximum atomic E-state index is 13.9. The summed E-state index contributed by atoms with van der Waals surface area (Å²) in [5, 5.41) is 21.6. The third kappa shape index (κ3) is 9.06. The molecule has 8 rings (SSSR count). The third-order valence-electron chi connectivity index (χ3n) is 11.7. The van der Waals surface area contributed by atoms with Crippen molar-refractivity contribution in [2.75, 3.05) is 23.8 Å². The van der Waals surface area contributed by atoms with Crippen molar-refractivity contribution in [1.29, 1.82) is 0 Å². The molecule has 2 aromatic carbocycles. The van der Waals surface area contributed by atoms with Crippen LogP contribution in [-0.2, 0) is 26.2 Å². The van der Waals surface area contributed by atoms with Crippen molar-refractivity contribution in [3.8, 4) is 11.5 Å². The molecule has 0 spiro atoms. The van der Waals surface area contributed by atoms with Gasteiger partial charge in [0.15, 0.2) is 0 Å². The van der Waals surface area contributed by atoms with Crippen LogP contribution in [-0.4, -0.2) is 87.4 Å². The zero-order valence-corrected chi connectivity index (χ0v) is 36.8. The van der Waals surface area contributed by atoms with Crippen molar-refractivity contribution in [1.82, 2.24) is 44.0 Å². The number of hydrogen-bond donors (Lipinski definition) is 6. The van der Waals surface area contributed by atoms with Crippen LogP contribution in [0.2, 0.25) is 0 Å². The predicted molar refractivity (Wildman–Crippen MR) is 243 cm³/mol. The highest BCUT2D eigenvalue weighted by molar-refractivity contribution is 6.05. The molecule has 1 aliphatic heterocycles. The lowest BCUT2D eigenvalue weighted by Crippen LogP contribution is -2.40. The van der Waals surface area contributed by atoms with Gasteiger partial charge in [-0.1, -0.05) is 12.2 Å². The Hall–Kier alpha value is -7.71. The van der Waals surface area contributed by atoms with Gasteiger partial charge >= 0.3 is 0 Å². The second-order valence-electron chi connectivity index (χ2n) is 16.1. The summed E-state index contributed by atoms with van der Waals surface area (Å²) in [5.41, 5.74) is 16.2. The number of aromatic nitrogens is 8. The number of amides is 4. The number of nitrogens with one attached hydrogen (secondary N) is 3. The van der Waals surface area contributed by atoms with Crippen LogP contribution < -0.4 is 42.7 Å². The molecule has 21 heteroatoms. The molecule has 4 aromatic heterocycles. The Balaban J connectivity index is 1.18. The number of hydrogen-bond acceptors (Lipinski definition) is 12. The molecule has 1 fully saturated rings. The van der Waals surface area contributed by atoms with Crippen LogP contribution in [0.15, 0.2) is 53.7 Å². The maximum Gasteiger partial charge on any atom is 0.276 e. The SMILES string of the molecule is CCn1nc(C)cc1C(=O)Nc1nc2cc(C(N)=O)cc3c2n1C/C=C/Cn1c(NC(=O)c2cc(C)nn2CC)nc2cc(C(=O)N[C@H]4CC[C@@H](/C(N)=N/N)CC4)cc(c21)OCCCO3. The molecule has 0 radical (unpaired) electrons. The van der Waals surface area contributed by atoms with E-state index in [-0.39, 0.29) is 61.6 Å². The highest BCUT2D eigenvalue weighted by Crippen LogP contribution is 2.34. The number of carbonyl (C=O) groups excluding carboxylic acids is 4. The molecule has 9 N–H and O–H groups in total. The van der Waals surface area contributed by atoms with Gasteiger partial charge < -0.3 is 41.2 Å². The number of allylic oxidation sites excluding steroid dienone is 2. The van der Waals surface area contributed by atoms with E-state index in [2.05, 4.69) is 31.2 Å². The Labute approximate surface area is 373 Å². The Bertz CT molecular complexity index is 2870. The molecule has 0 saturated heterocycles. The molecule has 0 bridgehead atoms. The lowest BCUT2D eigenvalue weighted by molar-refractivity contribution is 0.0923. The number of rotatable bonds is 10. The standard InChI is InChI=1S/C44H53N15O6/c1-5-58-32(18-24(3)54-58)41(62)51-43-49-30-20-27(39(46)60)22-34-36(30)56(43)14-7-8-15-57-37-31(50-44(57)52-42(63)33-19-25(4)55-59(33)6-2)21-28(23-35(37)65-17-9-16-64-34)40(61)48-29-12-10-26(11-13-29)38(45)53-47/h7-8,18-23,26,29H,5-6,9-17,47H2,1-4H3,(H2,45,53)(H2,46,60)(H,48,61)(H,49,51,62)(H,50,52,63)/b8-7+/t26-,29+. The van der Waals surface area contributed by atoms with Gasteiger partial charge in [0.25, 0.3) is 17.7 Å². The van der Waals surface area contributed by atoms with Crippen LogP contribution in [0.4, 0.5) is 11.9 Å². The van der Waals surface area contributed by atoms with Crippen molar-refractivity contribution in [2.24, 2.45) is 28.3 Å². The van der Waals surface area contributed by atoms with Crippen LogP contribution in [0.25, 0.3) is 22.1 Å². The molecule has 1 saturated carbocycles. The van der Waals surface area contributed by atoms with E-state index in [1.165, 1.54) is 0 Å². The van der Waals surface area contributed by atoms with E-state index in [1.54, 1.807) is 50.3 Å². The van der Waals surface area contributed by atoms with E-state index in [0.717, 1.165) is 12.8 Å². The van der Waals surface area contributed by atoms with Crippen molar-refractivity contribution in [3.05, 3.63) is 82.5 Å². The smallest absolute Gasteiger partial charge is 0.276 e. The summed E-state index contributed by atoms with van der Waals surface area (Å²) in [6.07, 6.45) is 7.02. The third-order valence-corrected chi connectivity index (χ3v) is 11.7. The van der Waals surface area contributed by atoms with Crippen LogP contribution >= 0.6 is 0 Å². The normalized spacial score (nSPS) is 17.4. The number of primary amides is 1. The molecule has 2 aliphatic rings. The second kappa shape index (κ2) is 18.6. The first-order valence-electron chi connectivity index (χ1n) is 21.7. The van der Waals surface area contributed by atoms with Gasteiger partial charge in [0.2, 0.25) is 17.8 Å². The van der Waals surface area contributed by atoms with Crippen LogP contribution in [0.5, 0.6) is 11.5 Å². The number of imidazole rings is 2. The van der Waals surface area contributed by atoms with Gasteiger partial charge in [0.05, 0.1) is 35.6 Å². The lowest BCUT2D eigenvalue weighted by Gasteiger charge is -2.28. The maximum absolute atomic E-state index is 13.9. The van der Waals surface area contributed by atoms with E-state index in [1.807, 2.05) is 44.4 Å². The molecule has 340 valence electrons. The molecule has 65 heavy (non-hydrogen) atoms. The zero-order chi connectivity index (χ0) is 45.9. The van der Waals surface area contributed by atoms with E-state index < -0.39 is 17.7 Å². The molecule has 0 unspecified atom stereocenters. The monoisotopic (exact) mass is 887 g/mol. The number of amidine groups is 1. The minimum atomic E-state index is -0.674. The van der Waals surface area contributed by atoms with E-state index in [9.17, 15) is 19.2 Å². The molecule has 21 nitrogen and oxygen atoms in total. The van der Waals surface area contributed by atoms with Gasteiger partial charge in [0, 0.05) is 55.7 Å². The lowest BCUT2D eigenvalue weighted by atomic mass is 9.85. The van der Waals surface area contributed by atoms with Crippen LogP contribution in [0.1, 0.15) is 99.0 Å². The number of hydrazone groups is 1. The van der Waals surface area contributed by atoms with Crippen LogP contribution in [0, 0.1) is 19.8 Å². The Morgan fingerprint density at radius 1 is 0.708 bits per heavy atom. The van der Waals surface area contributed by atoms with E-state index in [0.29, 0.717) is 100 Å². The molecule has 6 aromatic rings. The van der Waals surface area contributed by atoms with Crippen LogP contribution in [0.3, 0.4) is 0 Å². The Kier molecular flexibility index (Phi) is 12.5. The molecule has 4 amide bonds. The predicted octanol–water partition coefficient (Wildman–Crippen LogP) is 3.98. The highest BCUT2D eigenvalue weighted by Gasteiger charge is 2.28. The van der Waals surface area contributed by atoms with Gasteiger partial charge in [-0.3, -0.25) is 39.2 Å². The first kappa shape index (κ1) is 43.9. The van der Waals surface area contributed by atoms with Crippen molar-refractivity contribution < 1.29 is 28.7 Å². The minimum Gasteiger partial charge on any atom is -0.491 e. The number of anilines is 2. The second-order valence-corrected chi connectivity index (χ2v) is 16.1. The van der Waals surface area contributed by atoms with E-state index in [4.69, 9.17) is 36.8 Å². The molecule has 1 aliphatic carbocycles. The van der Waals surface area contributed by atoms with E-state index >= 15 is 0 Å². The Morgan fingerprint density at radius 2 is 1.20 bits per heavy atom. The summed E-state index contributed by atoms with van der Waals surface area (Å²) in [5.74, 6) is 5.21. The van der Waals surface area contributed by atoms with Crippen molar-refractivity contribution in [2.45, 2.75) is 92.0 Å². The first-order valence-corrected chi connectivity index (χ1v) is 21.7. The number of carbonyl (C=O) groups is 4. The highest BCUT2D eigenvalue weighted by atomic mass is 16.5. The summed E-state index contributed by atoms with van der Waals surface area (Å²) in [4.78, 5) is 63.8. The summed E-state index contributed by atoms with van der Waals surface area (Å²) < 4.78 is 19.6. The van der Waals surface area contributed by atoms with Gasteiger partial charge in [0.1, 0.15) is 39.8 Å². The summed E-state index contributed by atoms with van der Waals surface area (Å²) >= 11 is 0. The molecule has 0 atom stereocenters. The topological polar surface area (TPSA) is 285 Å². The molecule has 5 heterocycles. The van der Waals surface area contributed by atoms with Gasteiger partial charge in [-0.25, -0.2) is 9.97 Å². The zero-order valence-electron chi connectivity index (χ0n) is 36.8. The van der Waals surface area contributed by atoms with Crippen molar-refractivity contribution >= 4 is 63.4 Å². The summed E-state index contributed by atoms with van der Waals surface area (Å²) in [6, 6.07) is 9.81. The number of nitrogens with zero attached hydrogens (tertiary/aromatic N) is 9. The summed E-state index contributed by atoms with van der Waals surface area (Å²) in [7, 11) is 0. The number of ether oxygens (including phenoxy) is 2. The van der Waals surface area contributed by atoms with Gasteiger partial charge in [-0.05, 0) is 89.8 Å². The fourth-order valence-electron chi connectivity index (χ4n) is 8.46.